The van der Waals surface area contributed by atoms with Crippen LogP contribution in [-0.4, -0.2) is 11.7 Å². The Hall–Kier alpha value is -0.570. The van der Waals surface area contributed by atoms with Crippen LogP contribution < -0.4 is 5.73 Å². The van der Waals surface area contributed by atoms with Gasteiger partial charge in [-0.2, -0.15) is 0 Å². The van der Waals surface area contributed by atoms with Crippen LogP contribution >= 0.6 is 11.6 Å². The molecule has 0 bridgehead atoms. The smallest absolute Gasteiger partial charge is 0.0624 e. The van der Waals surface area contributed by atoms with Gasteiger partial charge in [-0.05, 0) is 29.7 Å². The van der Waals surface area contributed by atoms with Crippen LogP contribution in [0.3, 0.4) is 0 Å². The van der Waals surface area contributed by atoms with Gasteiger partial charge in [0.1, 0.15) is 0 Å². The van der Waals surface area contributed by atoms with E-state index in [0.29, 0.717) is 5.02 Å². The maximum atomic E-state index is 8.93. The summed E-state index contributed by atoms with van der Waals surface area (Å²) in [6.45, 7) is 2.00. The van der Waals surface area contributed by atoms with E-state index in [2.05, 4.69) is 6.92 Å². The molecule has 0 heterocycles. The molecule has 3 N–H and O–H groups in total. The van der Waals surface area contributed by atoms with Crippen LogP contribution in [0, 0.1) is 0 Å². The predicted molar refractivity (Wildman–Crippen MR) is 54.8 cm³/mol. The van der Waals surface area contributed by atoms with Gasteiger partial charge in [-0.3, -0.25) is 0 Å². The minimum Gasteiger partial charge on any atom is -0.394 e. The Morgan fingerprint density at radius 3 is 2.77 bits per heavy atom. The number of aliphatic hydroxyl groups excluding tert-OH is 1. The minimum atomic E-state index is -0.325. The van der Waals surface area contributed by atoms with E-state index in [1.54, 1.807) is 0 Å². The molecule has 0 amide bonds. The van der Waals surface area contributed by atoms with E-state index in [-0.39, 0.29) is 12.6 Å². The molecule has 1 atom stereocenters. The monoisotopic (exact) mass is 199 g/mol. The molecule has 0 saturated carbocycles. The van der Waals surface area contributed by atoms with E-state index < -0.39 is 0 Å². The zero-order valence-corrected chi connectivity index (χ0v) is 8.38. The molecule has 0 spiro atoms. The van der Waals surface area contributed by atoms with Gasteiger partial charge in [0.2, 0.25) is 0 Å². The molecule has 0 unspecified atom stereocenters. The molecule has 0 aliphatic carbocycles. The molecule has 3 heteroatoms. The van der Waals surface area contributed by atoms with Crippen molar-refractivity contribution in [3.05, 3.63) is 34.3 Å². The highest BCUT2D eigenvalue weighted by Crippen LogP contribution is 2.21. The third-order valence-electron chi connectivity index (χ3n) is 2.08. The van der Waals surface area contributed by atoms with Gasteiger partial charge in [-0.15, -0.1) is 0 Å². The lowest BCUT2D eigenvalue weighted by molar-refractivity contribution is 0.267. The molecular weight excluding hydrogens is 186 g/mol. The van der Waals surface area contributed by atoms with Crippen molar-refractivity contribution in [1.82, 2.24) is 0 Å². The van der Waals surface area contributed by atoms with E-state index in [1.165, 1.54) is 0 Å². The van der Waals surface area contributed by atoms with Crippen LogP contribution in [0.15, 0.2) is 18.2 Å². The quantitative estimate of drug-likeness (QED) is 0.781. The molecule has 1 aromatic carbocycles. The Morgan fingerprint density at radius 1 is 1.54 bits per heavy atom. The Balaban J connectivity index is 3.07. The number of benzene rings is 1. The van der Waals surface area contributed by atoms with Crippen molar-refractivity contribution in [2.45, 2.75) is 19.4 Å². The van der Waals surface area contributed by atoms with E-state index in [4.69, 9.17) is 22.4 Å². The van der Waals surface area contributed by atoms with Crippen LogP contribution in [0.2, 0.25) is 5.02 Å². The van der Waals surface area contributed by atoms with Crippen molar-refractivity contribution in [3.8, 4) is 0 Å². The fraction of sp³-hybridized carbons (Fsp3) is 0.400. The number of aryl methyl sites for hydroxylation is 1. The SMILES string of the molecule is CCc1ccc(Cl)cc1[C@H](N)CO. The number of hydrogen-bond acceptors (Lipinski definition) is 2. The van der Waals surface area contributed by atoms with Crippen molar-refractivity contribution < 1.29 is 5.11 Å². The lowest BCUT2D eigenvalue weighted by atomic mass is 10.00. The first-order valence-electron chi connectivity index (χ1n) is 4.33. The molecule has 0 aromatic heterocycles. The summed E-state index contributed by atoms with van der Waals surface area (Å²) in [5.41, 5.74) is 7.82. The van der Waals surface area contributed by atoms with Crippen LogP contribution in [0.25, 0.3) is 0 Å². The third kappa shape index (κ3) is 2.44. The number of hydrogen-bond donors (Lipinski definition) is 2. The fourth-order valence-electron chi connectivity index (χ4n) is 1.33. The van der Waals surface area contributed by atoms with Crippen molar-refractivity contribution in [3.63, 3.8) is 0 Å². The summed E-state index contributed by atoms with van der Waals surface area (Å²) in [6.07, 6.45) is 0.903. The van der Waals surface area contributed by atoms with Gasteiger partial charge in [-0.25, -0.2) is 0 Å². The van der Waals surface area contributed by atoms with Gasteiger partial charge in [0, 0.05) is 5.02 Å². The van der Waals surface area contributed by atoms with Crippen molar-refractivity contribution >= 4 is 11.6 Å². The first-order chi connectivity index (χ1) is 6.19. The summed E-state index contributed by atoms with van der Waals surface area (Å²) >= 11 is 5.84. The number of halogens is 1. The highest BCUT2D eigenvalue weighted by atomic mass is 35.5. The first-order valence-corrected chi connectivity index (χ1v) is 4.71. The second-order valence-corrected chi connectivity index (χ2v) is 3.42. The molecule has 0 saturated heterocycles. The third-order valence-corrected chi connectivity index (χ3v) is 2.32. The number of aliphatic hydroxyl groups is 1. The van der Waals surface area contributed by atoms with E-state index in [0.717, 1.165) is 17.5 Å². The Labute approximate surface area is 83.3 Å². The van der Waals surface area contributed by atoms with Gasteiger partial charge < -0.3 is 10.8 Å². The topological polar surface area (TPSA) is 46.2 Å². The van der Waals surface area contributed by atoms with Crippen LogP contribution in [-0.2, 0) is 6.42 Å². The molecule has 0 aliphatic heterocycles. The van der Waals surface area contributed by atoms with Gasteiger partial charge >= 0.3 is 0 Å². The molecule has 2 nitrogen and oxygen atoms in total. The van der Waals surface area contributed by atoms with E-state index in [9.17, 15) is 0 Å². The Morgan fingerprint density at radius 2 is 2.23 bits per heavy atom. The number of nitrogens with two attached hydrogens (primary N) is 1. The predicted octanol–water partition coefficient (Wildman–Crippen LogP) is 1.89. The normalized spacial score (nSPS) is 12.9. The van der Waals surface area contributed by atoms with Gasteiger partial charge in [0.05, 0.1) is 12.6 Å². The van der Waals surface area contributed by atoms with Gasteiger partial charge in [0.15, 0.2) is 0 Å². The highest BCUT2D eigenvalue weighted by molar-refractivity contribution is 6.30. The maximum Gasteiger partial charge on any atom is 0.0624 e. The second kappa shape index (κ2) is 4.61. The lowest BCUT2D eigenvalue weighted by Crippen LogP contribution is -2.16. The standard InChI is InChI=1S/C10H14ClNO/c1-2-7-3-4-8(11)5-9(7)10(12)6-13/h3-5,10,13H,2,6,12H2,1H3/t10-/m1/s1. The zero-order valence-electron chi connectivity index (χ0n) is 7.63. The largest absolute Gasteiger partial charge is 0.394 e. The number of rotatable bonds is 3. The Bertz CT molecular complexity index is 288. The highest BCUT2D eigenvalue weighted by Gasteiger charge is 2.09. The van der Waals surface area contributed by atoms with Crippen molar-refractivity contribution in [1.29, 1.82) is 0 Å². The molecule has 1 aromatic rings. The summed E-state index contributed by atoms with van der Waals surface area (Å²) in [5, 5.41) is 9.59. The first kappa shape index (κ1) is 10.5. The molecule has 72 valence electrons. The summed E-state index contributed by atoms with van der Waals surface area (Å²) in [6, 6.07) is 5.29. The summed E-state index contributed by atoms with van der Waals surface area (Å²) in [7, 11) is 0. The molecule has 0 fully saturated rings. The molecule has 0 aliphatic rings. The molecule has 0 radical (unpaired) electrons. The molecule has 1 rings (SSSR count). The lowest BCUT2D eigenvalue weighted by Gasteiger charge is -2.13. The second-order valence-electron chi connectivity index (χ2n) is 2.99. The van der Waals surface area contributed by atoms with E-state index in [1.807, 2.05) is 18.2 Å². The van der Waals surface area contributed by atoms with Gasteiger partial charge in [0.25, 0.3) is 0 Å². The molecule has 13 heavy (non-hydrogen) atoms. The average Bonchev–Trinajstić information content (AvgIpc) is 2.16. The summed E-state index contributed by atoms with van der Waals surface area (Å²) < 4.78 is 0. The van der Waals surface area contributed by atoms with Gasteiger partial charge in [-0.1, -0.05) is 24.6 Å². The summed E-state index contributed by atoms with van der Waals surface area (Å²) in [4.78, 5) is 0. The Kier molecular flexibility index (Phi) is 3.72. The van der Waals surface area contributed by atoms with Crippen LogP contribution in [0.4, 0.5) is 0 Å². The fourth-order valence-corrected chi connectivity index (χ4v) is 1.51. The maximum absolute atomic E-state index is 8.93. The summed E-state index contributed by atoms with van der Waals surface area (Å²) in [5.74, 6) is 0. The molecular formula is C10H14ClNO. The zero-order chi connectivity index (χ0) is 9.84. The average molecular weight is 200 g/mol. The van der Waals surface area contributed by atoms with Crippen molar-refractivity contribution in [2.24, 2.45) is 5.73 Å². The van der Waals surface area contributed by atoms with E-state index >= 15 is 0 Å². The van der Waals surface area contributed by atoms with Crippen molar-refractivity contribution in [2.75, 3.05) is 6.61 Å². The van der Waals surface area contributed by atoms with Crippen LogP contribution in [0.1, 0.15) is 24.1 Å². The minimum absolute atomic E-state index is 0.0483. The van der Waals surface area contributed by atoms with Crippen LogP contribution in [0.5, 0.6) is 0 Å².